The molecule has 4 nitrogen and oxygen atoms in total. The summed E-state index contributed by atoms with van der Waals surface area (Å²) in [5.74, 6) is 0.537. The molecule has 2 saturated heterocycles. The van der Waals surface area contributed by atoms with Gasteiger partial charge in [0.25, 0.3) is 0 Å². The van der Waals surface area contributed by atoms with Crippen molar-refractivity contribution >= 4 is 6.03 Å². The summed E-state index contributed by atoms with van der Waals surface area (Å²) in [6.45, 7) is 9.16. The molecule has 2 heterocycles. The Morgan fingerprint density at radius 2 is 2.00 bits per heavy atom. The first kappa shape index (κ1) is 14.6. The lowest BCUT2D eigenvalue weighted by molar-refractivity contribution is 0.134. The summed E-state index contributed by atoms with van der Waals surface area (Å²) in [4.78, 5) is 16.8. The lowest BCUT2D eigenvalue weighted by Crippen LogP contribution is -2.50. The summed E-state index contributed by atoms with van der Waals surface area (Å²) < 4.78 is 0. The zero-order valence-electron chi connectivity index (χ0n) is 12.5. The van der Waals surface area contributed by atoms with E-state index in [1.807, 2.05) is 0 Å². The fraction of sp³-hybridized carbons (Fsp3) is 0.933. The molecule has 2 fully saturated rings. The molecule has 4 heteroatoms. The van der Waals surface area contributed by atoms with Gasteiger partial charge in [0.15, 0.2) is 0 Å². The summed E-state index contributed by atoms with van der Waals surface area (Å²) in [5, 5.41) is 3.51. The fourth-order valence-corrected chi connectivity index (χ4v) is 3.14. The van der Waals surface area contributed by atoms with Gasteiger partial charge in [-0.2, -0.15) is 0 Å². The van der Waals surface area contributed by atoms with E-state index in [0.29, 0.717) is 12.0 Å². The number of urea groups is 1. The van der Waals surface area contributed by atoms with Crippen LogP contribution in [0.4, 0.5) is 4.79 Å². The lowest BCUT2D eigenvalue weighted by Gasteiger charge is -2.35. The van der Waals surface area contributed by atoms with Crippen LogP contribution in [0.2, 0.25) is 0 Å². The summed E-state index contributed by atoms with van der Waals surface area (Å²) in [5.41, 5.74) is 0. The lowest BCUT2D eigenvalue weighted by atomic mass is 10.1. The third-order valence-electron chi connectivity index (χ3n) is 4.09. The molecular formula is C15H29N3O. The SMILES string of the molecule is CC(C)CN(CC1CCCN1)C(=O)N1CCCCC1. The third-order valence-corrected chi connectivity index (χ3v) is 4.09. The molecule has 110 valence electrons. The van der Waals surface area contributed by atoms with Gasteiger partial charge in [-0.25, -0.2) is 4.79 Å². The van der Waals surface area contributed by atoms with E-state index in [-0.39, 0.29) is 6.03 Å². The molecule has 2 amide bonds. The van der Waals surface area contributed by atoms with E-state index in [0.717, 1.165) is 32.7 Å². The second-order valence-electron chi connectivity index (χ2n) is 6.42. The van der Waals surface area contributed by atoms with Crippen LogP contribution in [-0.2, 0) is 0 Å². The van der Waals surface area contributed by atoms with Crippen LogP contribution in [0.5, 0.6) is 0 Å². The van der Waals surface area contributed by atoms with Crippen LogP contribution in [0.15, 0.2) is 0 Å². The second kappa shape index (κ2) is 7.13. The molecule has 2 aliphatic heterocycles. The first-order valence-electron chi connectivity index (χ1n) is 7.94. The number of nitrogens with zero attached hydrogens (tertiary/aromatic N) is 2. The molecule has 1 atom stereocenters. The standard InChI is InChI=1S/C15H29N3O/c1-13(2)11-18(12-14-7-6-8-16-14)15(19)17-9-4-3-5-10-17/h13-14,16H,3-12H2,1-2H3. The Hall–Kier alpha value is -0.770. The molecule has 1 unspecified atom stereocenters. The number of carbonyl (C=O) groups is 1. The van der Waals surface area contributed by atoms with Gasteiger partial charge in [-0.1, -0.05) is 13.8 Å². The molecule has 19 heavy (non-hydrogen) atoms. The Bertz CT molecular complexity index is 281. The Balaban J connectivity index is 1.92. The molecule has 2 rings (SSSR count). The normalized spacial score (nSPS) is 23.9. The van der Waals surface area contributed by atoms with E-state index in [1.54, 1.807) is 0 Å². The van der Waals surface area contributed by atoms with Crippen LogP contribution in [0.25, 0.3) is 0 Å². The monoisotopic (exact) mass is 267 g/mol. The molecule has 2 aliphatic rings. The van der Waals surface area contributed by atoms with E-state index in [2.05, 4.69) is 29.0 Å². The Morgan fingerprint density at radius 3 is 2.58 bits per heavy atom. The maximum absolute atomic E-state index is 12.6. The van der Waals surface area contributed by atoms with Gasteiger partial charge in [-0.05, 0) is 44.6 Å². The zero-order chi connectivity index (χ0) is 13.7. The van der Waals surface area contributed by atoms with Crippen molar-refractivity contribution in [1.82, 2.24) is 15.1 Å². The minimum absolute atomic E-state index is 0.266. The average Bonchev–Trinajstić information content (AvgIpc) is 2.90. The number of nitrogens with one attached hydrogen (secondary N) is 1. The summed E-state index contributed by atoms with van der Waals surface area (Å²) in [6, 6.07) is 0.773. The van der Waals surface area contributed by atoms with Gasteiger partial charge in [0.05, 0.1) is 0 Å². The Morgan fingerprint density at radius 1 is 1.26 bits per heavy atom. The van der Waals surface area contributed by atoms with Crippen LogP contribution in [0.3, 0.4) is 0 Å². The molecule has 0 aliphatic carbocycles. The Kier molecular flexibility index (Phi) is 5.49. The summed E-state index contributed by atoms with van der Waals surface area (Å²) in [6.07, 6.45) is 6.07. The number of hydrogen-bond donors (Lipinski definition) is 1. The van der Waals surface area contributed by atoms with Crippen molar-refractivity contribution in [2.24, 2.45) is 5.92 Å². The van der Waals surface area contributed by atoms with Crippen molar-refractivity contribution in [3.8, 4) is 0 Å². The number of piperidine rings is 1. The van der Waals surface area contributed by atoms with Crippen molar-refractivity contribution in [2.45, 2.75) is 52.0 Å². The van der Waals surface area contributed by atoms with Gasteiger partial charge in [-0.15, -0.1) is 0 Å². The topological polar surface area (TPSA) is 35.6 Å². The highest BCUT2D eigenvalue weighted by Crippen LogP contribution is 2.14. The van der Waals surface area contributed by atoms with Gasteiger partial charge in [-0.3, -0.25) is 0 Å². The zero-order valence-corrected chi connectivity index (χ0v) is 12.5. The molecule has 0 bridgehead atoms. The van der Waals surface area contributed by atoms with E-state index in [1.165, 1.54) is 32.1 Å². The molecular weight excluding hydrogens is 238 g/mol. The highest BCUT2D eigenvalue weighted by atomic mass is 16.2. The van der Waals surface area contributed by atoms with E-state index in [9.17, 15) is 4.79 Å². The highest BCUT2D eigenvalue weighted by Gasteiger charge is 2.26. The van der Waals surface area contributed by atoms with Crippen molar-refractivity contribution in [2.75, 3.05) is 32.7 Å². The van der Waals surface area contributed by atoms with Crippen LogP contribution in [0.1, 0.15) is 46.0 Å². The van der Waals surface area contributed by atoms with Crippen molar-refractivity contribution in [3.05, 3.63) is 0 Å². The number of rotatable bonds is 4. The van der Waals surface area contributed by atoms with Crippen LogP contribution < -0.4 is 5.32 Å². The number of carbonyl (C=O) groups excluding carboxylic acids is 1. The fourth-order valence-electron chi connectivity index (χ4n) is 3.14. The van der Waals surface area contributed by atoms with Gasteiger partial charge in [0.1, 0.15) is 0 Å². The van der Waals surface area contributed by atoms with Gasteiger partial charge in [0, 0.05) is 32.2 Å². The van der Waals surface area contributed by atoms with Gasteiger partial charge in [0.2, 0.25) is 0 Å². The van der Waals surface area contributed by atoms with Crippen LogP contribution >= 0.6 is 0 Å². The average molecular weight is 267 g/mol. The predicted octanol–water partition coefficient (Wildman–Crippen LogP) is 2.30. The third kappa shape index (κ3) is 4.37. The maximum atomic E-state index is 12.6. The van der Waals surface area contributed by atoms with E-state index in [4.69, 9.17) is 0 Å². The van der Waals surface area contributed by atoms with Gasteiger partial charge < -0.3 is 15.1 Å². The number of hydrogen-bond acceptors (Lipinski definition) is 2. The van der Waals surface area contributed by atoms with Gasteiger partial charge >= 0.3 is 6.03 Å². The maximum Gasteiger partial charge on any atom is 0.320 e. The quantitative estimate of drug-likeness (QED) is 0.848. The molecule has 1 N–H and O–H groups in total. The number of likely N-dealkylation sites (tertiary alicyclic amines) is 1. The van der Waals surface area contributed by atoms with Crippen LogP contribution in [-0.4, -0.2) is 54.6 Å². The Labute approximate surface area is 117 Å². The first-order valence-corrected chi connectivity index (χ1v) is 7.94. The van der Waals surface area contributed by atoms with Crippen molar-refractivity contribution in [3.63, 3.8) is 0 Å². The second-order valence-corrected chi connectivity index (χ2v) is 6.42. The first-order chi connectivity index (χ1) is 9.16. The molecule has 0 saturated carbocycles. The predicted molar refractivity (Wildman–Crippen MR) is 78.3 cm³/mol. The van der Waals surface area contributed by atoms with Crippen molar-refractivity contribution in [1.29, 1.82) is 0 Å². The molecule has 0 radical (unpaired) electrons. The highest BCUT2D eigenvalue weighted by molar-refractivity contribution is 5.74. The minimum Gasteiger partial charge on any atom is -0.325 e. The summed E-state index contributed by atoms with van der Waals surface area (Å²) >= 11 is 0. The smallest absolute Gasteiger partial charge is 0.320 e. The molecule has 0 spiro atoms. The number of amides is 2. The van der Waals surface area contributed by atoms with Crippen LogP contribution in [0, 0.1) is 5.92 Å². The minimum atomic E-state index is 0.266. The van der Waals surface area contributed by atoms with Crippen molar-refractivity contribution < 1.29 is 4.79 Å². The largest absolute Gasteiger partial charge is 0.325 e. The van der Waals surface area contributed by atoms with E-state index >= 15 is 0 Å². The van der Waals surface area contributed by atoms with E-state index < -0.39 is 0 Å². The molecule has 0 aromatic carbocycles. The molecule has 0 aromatic rings. The summed E-state index contributed by atoms with van der Waals surface area (Å²) in [7, 11) is 0. The molecule has 0 aromatic heterocycles.